The van der Waals surface area contributed by atoms with E-state index in [1.54, 1.807) is 37.1 Å². The SMILES string of the molecule is COc1ccc(OC)c(-n2nnnc2SCC(=O)N2c3ccccc3CCc3ccccc32)c1. The van der Waals surface area contributed by atoms with E-state index in [0.717, 1.165) is 35.3 Å². The zero-order chi connectivity index (χ0) is 23.5. The van der Waals surface area contributed by atoms with Gasteiger partial charge in [-0.05, 0) is 58.7 Å². The summed E-state index contributed by atoms with van der Waals surface area (Å²) in [6.45, 7) is 0. The molecule has 1 aliphatic heterocycles. The highest BCUT2D eigenvalue weighted by molar-refractivity contribution is 7.99. The number of hydrogen-bond donors (Lipinski definition) is 0. The number of para-hydroxylation sites is 2. The van der Waals surface area contributed by atoms with Gasteiger partial charge in [-0.1, -0.05) is 48.2 Å². The monoisotopic (exact) mass is 473 g/mol. The molecule has 1 amide bonds. The first kappa shape index (κ1) is 22.0. The van der Waals surface area contributed by atoms with E-state index in [-0.39, 0.29) is 11.7 Å². The smallest absolute Gasteiger partial charge is 0.242 e. The molecule has 2 heterocycles. The number of ether oxygens (including phenoxy) is 2. The predicted molar refractivity (Wildman–Crippen MR) is 130 cm³/mol. The Labute approximate surface area is 201 Å². The summed E-state index contributed by atoms with van der Waals surface area (Å²) in [5.41, 5.74) is 4.79. The molecule has 9 heteroatoms. The second kappa shape index (κ2) is 9.56. The number of benzene rings is 3. The van der Waals surface area contributed by atoms with Crippen molar-refractivity contribution in [3.63, 3.8) is 0 Å². The average Bonchev–Trinajstić information content (AvgIpc) is 3.28. The number of nitrogens with zero attached hydrogens (tertiary/aromatic N) is 5. The third-order valence-electron chi connectivity index (χ3n) is 5.76. The molecule has 1 aliphatic rings. The first-order valence-corrected chi connectivity index (χ1v) is 11.8. The number of amides is 1. The van der Waals surface area contributed by atoms with Gasteiger partial charge in [-0.15, -0.1) is 5.10 Å². The van der Waals surface area contributed by atoms with Crippen LogP contribution in [0.2, 0.25) is 0 Å². The van der Waals surface area contributed by atoms with Crippen LogP contribution in [0, 0.1) is 0 Å². The van der Waals surface area contributed by atoms with Gasteiger partial charge in [-0.25, -0.2) is 0 Å². The van der Waals surface area contributed by atoms with Gasteiger partial charge in [0.1, 0.15) is 17.2 Å². The Kier molecular flexibility index (Phi) is 6.18. The summed E-state index contributed by atoms with van der Waals surface area (Å²) in [5, 5.41) is 12.6. The topological polar surface area (TPSA) is 82.4 Å². The maximum atomic E-state index is 13.6. The van der Waals surface area contributed by atoms with Crippen LogP contribution in [0.4, 0.5) is 11.4 Å². The van der Waals surface area contributed by atoms with Crippen molar-refractivity contribution in [3.05, 3.63) is 77.9 Å². The number of anilines is 2. The minimum atomic E-state index is -0.0426. The highest BCUT2D eigenvalue weighted by atomic mass is 32.2. The molecule has 0 bridgehead atoms. The summed E-state index contributed by atoms with van der Waals surface area (Å²) in [4.78, 5) is 15.4. The van der Waals surface area contributed by atoms with E-state index in [1.807, 2.05) is 41.3 Å². The predicted octanol–water partition coefficient (Wildman–Crippen LogP) is 4.24. The molecule has 0 unspecified atom stereocenters. The van der Waals surface area contributed by atoms with Crippen LogP contribution in [-0.2, 0) is 17.6 Å². The normalized spacial score (nSPS) is 12.5. The molecule has 172 valence electrons. The van der Waals surface area contributed by atoms with Gasteiger partial charge in [0.25, 0.3) is 0 Å². The second-order valence-corrected chi connectivity index (χ2v) is 8.63. The number of hydrogen-bond acceptors (Lipinski definition) is 7. The zero-order valence-corrected chi connectivity index (χ0v) is 19.7. The van der Waals surface area contributed by atoms with Crippen molar-refractivity contribution in [1.29, 1.82) is 0 Å². The highest BCUT2D eigenvalue weighted by Crippen LogP contribution is 2.37. The molecule has 5 rings (SSSR count). The summed E-state index contributed by atoms with van der Waals surface area (Å²) in [7, 11) is 3.18. The van der Waals surface area contributed by atoms with Gasteiger partial charge in [-0.3, -0.25) is 9.69 Å². The summed E-state index contributed by atoms with van der Waals surface area (Å²) in [5.74, 6) is 1.36. The minimum Gasteiger partial charge on any atom is -0.497 e. The molecule has 0 spiro atoms. The largest absolute Gasteiger partial charge is 0.497 e. The van der Waals surface area contributed by atoms with E-state index in [1.165, 1.54) is 11.8 Å². The fourth-order valence-electron chi connectivity index (χ4n) is 4.12. The van der Waals surface area contributed by atoms with Crippen LogP contribution >= 0.6 is 11.8 Å². The molecule has 1 aromatic heterocycles. The fourth-order valence-corrected chi connectivity index (χ4v) is 4.85. The first-order chi connectivity index (χ1) is 16.7. The highest BCUT2D eigenvalue weighted by Gasteiger charge is 2.26. The number of carbonyl (C=O) groups is 1. The molecule has 0 N–H and O–H groups in total. The van der Waals surface area contributed by atoms with Crippen LogP contribution in [-0.4, -0.2) is 46.1 Å². The van der Waals surface area contributed by atoms with Crippen molar-refractivity contribution in [1.82, 2.24) is 20.2 Å². The Morgan fingerprint density at radius 3 is 2.24 bits per heavy atom. The fraction of sp³-hybridized carbons (Fsp3) is 0.200. The van der Waals surface area contributed by atoms with Crippen molar-refractivity contribution in [2.75, 3.05) is 24.9 Å². The molecule has 8 nitrogen and oxygen atoms in total. The first-order valence-electron chi connectivity index (χ1n) is 10.8. The lowest BCUT2D eigenvalue weighted by molar-refractivity contribution is -0.115. The number of aryl methyl sites for hydroxylation is 2. The van der Waals surface area contributed by atoms with Gasteiger partial charge >= 0.3 is 0 Å². The average molecular weight is 474 g/mol. The minimum absolute atomic E-state index is 0.0426. The van der Waals surface area contributed by atoms with Crippen LogP contribution in [0.15, 0.2) is 71.9 Å². The zero-order valence-electron chi connectivity index (χ0n) is 18.8. The number of aromatic nitrogens is 4. The number of thioether (sulfide) groups is 1. The van der Waals surface area contributed by atoms with Gasteiger partial charge in [-0.2, -0.15) is 4.68 Å². The Hall–Kier alpha value is -3.85. The molecule has 4 aromatic rings. The van der Waals surface area contributed by atoms with E-state index in [2.05, 4.69) is 27.7 Å². The van der Waals surface area contributed by atoms with Crippen LogP contribution in [0.1, 0.15) is 11.1 Å². The molecular weight excluding hydrogens is 450 g/mol. The van der Waals surface area contributed by atoms with Crippen molar-refractivity contribution in [2.24, 2.45) is 0 Å². The van der Waals surface area contributed by atoms with Gasteiger partial charge in [0.05, 0.1) is 31.3 Å². The standard InChI is InChI=1S/C25H23N5O3S/c1-32-19-13-14-23(33-2)22(15-19)30-25(26-27-28-30)34-16-24(31)29-20-9-5-3-7-17(20)11-12-18-8-4-6-10-21(18)29/h3-10,13-15H,11-12,16H2,1-2H3. The third-order valence-corrected chi connectivity index (χ3v) is 6.66. The summed E-state index contributed by atoms with van der Waals surface area (Å²) >= 11 is 1.28. The molecule has 0 saturated carbocycles. The van der Waals surface area contributed by atoms with E-state index in [9.17, 15) is 4.79 Å². The number of rotatable bonds is 6. The molecule has 0 atom stereocenters. The summed E-state index contributed by atoms with van der Waals surface area (Å²) in [6.07, 6.45) is 1.77. The van der Waals surface area contributed by atoms with E-state index in [4.69, 9.17) is 9.47 Å². The molecular formula is C25H23N5O3S. The van der Waals surface area contributed by atoms with Gasteiger partial charge < -0.3 is 9.47 Å². The number of fused-ring (bicyclic) bond motifs is 2. The second-order valence-electron chi connectivity index (χ2n) is 7.69. The lowest BCUT2D eigenvalue weighted by Gasteiger charge is -2.24. The van der Waals surface area contributed by atoms with Gasteiger partial charge in [0.15, 0.2) is 0 Å². The maximum Gasteiger partial charge on any atom is 0.242 e. The van der Waals surface area contributed by atoms with Crippen molar-refractivity contribution >= 4 is 29.0 Å². The molecule has 3 aromatic carbocycles. The van der Waals surface area contributed by atoms with Crippen LogP contribution in [0.3, 0.4) is 0 Å². The number of methoxy groups -OCH3 is 2. The summed E-state index contributed by atoms with van der Waals surface area (Å²) < 4.78 is 12.4. The van der Waals surface area contributed by atoms with Crippen LogP contribution < -0.4 is 14.4 Å². The quantitative estimate of drug-likeness (QED) is 0.388. The third kappa shape index (κ3) is 4.10. The molecule has 34 heavy (non-hydrogen) atoms. The van der Waals surface area contributed by atoms with Gasteiger partial charge in [0.2, 0.25) is 11.1 Å². The number of tetrazole rings is 1. The Balaban J connectivity index is 1.45. The molecule has 0 radical (unpaired) electrons. The van der Waals surface area contributed by atoms with Crippen LogP contribution in [0.25, 0.3) is 5.69 Å². The molecule has 0 fully saturated rings. The number of carbonyl (C=O) groups excluding carboxylic acids is 1. The van der Waals surface area contributed by atoms with Gasteiger partial charge in [0, 0.05) is 6.07 Å². The lowest BCUT2D eigenvalue weighted by Crippen LogP contribution is -2.28. The van der Waals surface area contributed by atoms with E-state index in [0.29, 0.717) is 22.3 Å². The Morgan fingerprint density at radius 2 is 1.59 bits per heavy atom. The maximum absolute atomic E-state index is 13.6. The Morgan fingerprint density at radius 1 is 0.912 bits per heavy atom. The lowest BCUT2D eigenvalue weighted by atomic mass is 10.0. The van der Waals surface area contributed by atoms with E-state index >= 15 is 0 Å². The summed E-state index contributed by atoms with van der Waals surface area (Å²) in [6, 6.07) is 21.5. The van der Waals surface area contributed by atoms with Crippen LogP contribution in [0.5, 0.6) is 11.5 Å². The van der Waals surface area contributed by atoms with Crippen molar-refractivity contribution in [3.8, 4) is 17.2 Å². The molecule has 0 saturated heterocycles. The van der Waals surface area contributed by atoms with Crippen molar-refractivity contribution in [2.45, 2.75) is 18.0 Å². The van der Waals surface area contributed by atoms with Crippen molar-refractivity contribution < 1.29 is 14.3 Å². The van der Waals surface area contributed by atoms with E-state index < -0.39 is 0 Å². The molecule has 0 aliphatic carbocycles. The Bertz CT molecular complexity index is 1290.